The number of allylic oxidation sites excluding steroid dienone is 14. The fraction of sp³-hybridized carbons (Fsp3) is 0.659. The third kappa shape index (κ3) is 20.9. The second-order valence-electron chi connectivity index (χ2n) is 14.0. The number of aliphatic hydroxyl groups excluding tert-OH is 7. The van der Waals surface area contributed by atoms with Crippen molar-refractivity contribution in [2.45, 2.75) is 152 Å². The van der Waals surface area contributed by atoms with E-state index in [1.807, 2.05) is 0 Å². The summed E-state index contributed by atoms with van der Waals surface area (Å²) in [4.78, 5) is 12.1. The lowest BCUT2D eigenvalue weighted by Crippen LogP contribution is -2.61. The molecule has 0 aromatic carbocycles. The van der Waals surface area contributed by atoms with Gasteiger partial charge in [0.25, 0.3) is 0 Å². The summed E-state index contributed by atoms with van der Waals surface area (Å²) in [5, 5.41) is 71.1. The largest absolute Gasteiger partial charge is 0.457 e. The van der Waals surface area contributed by atoms with E-state index >= 15 is 0 Å². The van der Waals surface area contributed by atoms with Gasteiger partial charge in [-0.25, -0.2) is 0 Å². The van der Waals surface area contributed by atoms with E-state index in [-0.39, 0.29) is 19.6 Å². The Morgan fingerprint density at radius 3 is 1.53 bits per heavy atom. The maximum absolute atomic E-state index is 12.1. The van der Waals surface area contributed by atoms with Crippen LogP contribution in [0.25, 0.3) is 0 Å². The molecule has 58 heavy (non-hydrogen) atoms. The first kappa shape index (κ1) is 51.3. The molecule has 330 valence electrons. The van der Waals surface area contributed by atoms with Crippen LogP contribution < -0.4 is 0 Å². The number of hydrogen-bond donors (Lipinski definition) is 7. The predicted octanol–water partition coefficient (Wildman–Crippen LogP) is 3.78. The zero-order valence-electron chi connectivity index (χ0n) is 34.2. The zero-order valence-corrected chi connectivity index (χ0v) is 34.2. The Kier molecular flexibility index (Phi) is 28.3. The van der Waals surface area contributed by atoms with Crippen molar-refractivity contribution in [2.75, 3.05) is 33.0 Å². The zero-order chi connectivity index (χ0) is 42.4. The number of hydrogen-bond acceptors (Lipinski definition) is 14. The van der Waals surface area contributed by atoms with E-state index in [1.54, 1.807) is 6.92 Å². The van der Waals surface area contributed by atoms with E-state index in [4.69, 9.17) is 28.4 Å². The van der Waals surface area contributed by atoms with Crippen molar-refractivity contribution in [1.82, 2.24) is 0 Å². The highest BCUT2D eigenvalue weighted by atomic mass is 16.7. The number of ether oxygens (including phenoxy) is 6. The standard InChI is InChI=1S/C44H70O14/c1-3-5-6-7-8-9-10-11-12-13-14-15-16-17-18-19-20-21-22-23-24-25-26-27-28-53-30-33(56-36(46)4-2)31-54-43-42(52)40(50)38(48)35(58-43)32-55-44-41(51)39(49)37(47)34(29-45)57-44/h5-6,8-9,11-12,14-15,17-18,20-21,23-24,33-35,37-45,47-52H,3-4,7,10,13,16,19,22,25-32H2,1-2H3/b6-5-,9-8-,12-11-,15-14-,18-17-,21-20-,24-23-. The lowest BCUT2D eigenvalue weighted by molar-refractivity contribution is -0.332. The van der Waals surface area contributed by atoms with Gasteiger partial charge in [0.2, 0.25) is 0 Å². The molecule has 2 heterocycles. The molecule has 0 bridgehead atoms. The molecule has 0 saturated carbocycles. The van der Waals surface area contributed by atoms with Gasteiger partial charge in [0.15, 0.2) is 12.6 Å². The molecule has 0 amide bonds. The fourth-order valence-electron chi connectivity index (χ4n) is 5.77. The smallest absolute Gasteiger partial charge is 0.305 e. The molecule has 14 nitrogen and oxygen atoms in total. The van der Waals surface area contributed by atoms with Crippen LogP contribution in [0.5, 0.6) is 0 Å². The van der Waals surface area contributed by atoms with Gasteiger partial charge in [0, 0.05) is 13.0 Å². The molecule has 0 aliphatic carbocycles. The summed E-state index contributed by atoms with van der Waals surface area (Å²) in [5.41, 5.74) is 0. The number of aliphatic hydroxyl groups is 7. The van der Waals surface area contributed by atoms with Gasteiger partial charge in [0.1, 0.15) is 54.9 Å². The average molecular weight is 823 g/mol. The minimum atomic E-state index is -1.71. The summed E-state index contributed by atoms with van der Waals surface area (Å²) in [5.74, 6) is -0.486. The molecule has 2 aliphatic rings. The molecule has 14 heteroatoms. The van der Waals surface area contributed by atoms with Crippen molar-refractivity contribution in [1.29, 1.82) is 0 Å². The van der Waals surface area contributed by atoms with Crippen LogP contribution in [0.2, 0.25) is 0 Å². The van der Waals surface area contributed by atoms with Crippen LogP contribution in [0.4, 0.5) is 0 Å². The monoisotopic (exact) mass is 822 g/mol. The van der Waals surface area contributed by atoms with E-state index in [2.05, 4.69) is 92.0 Å². The molecule has 0 aromatic rings. The highest BCUT2D eigenvalue weighted by molar-refractivity contribution is 5.69. The number of carbonyl (C=O) groups excluding carboxylic acids is 1. The fourth-order valence-corrected chi connectivity index (χ4v) is 5.77. The average Bonchev–Trinajstić information content (AvgIpc) is 3.22. The van der Waals surface area contributed by atoms with Crippen molar-refractivity contribution in [3.05, 3.63) is 85.1 Å². The van der Waals surface area contributed by atoms with Gasteiger partial charge in [-0.3, -0.25) is 4.79 Å². The summed E-state index contributed by atoms with van der Waals surface area (Å²) >= 11 is 0. The molecular formula is C44H70O14. The maximum Gasteiger partial charge on any atom is 0.305 e. The quantitative estimate of drug-likeness (QED) is 0.0325. The highest BCUT2D eigenvalue weighted by Gasteiger charge is 2.47. The Morgan fingerprint density at radius 1 is 0.569 bits per heavy atom. The summed E-state index contributed by atoms with van der Waals surface area (Å²) in [7, 11) is 0. The molecule has 2 fully saturated rings. The number of carbonyl (C=O) groups is 1. The molecular weight excluding hydrogens is 752 g/mol. The van der Waals surface area contributed by atoms with Gasteiger partial charge in [-0.05, 0) is 64.2 Å². The lowest BCUT2D eigenvalue weighted by Gasteiger charge is -2.42. The summed E-state index contributed by atoms with van der Waals surface area (Å²) < 4.78 is 33.2. The van der Waals surface area contributed by atoms with Crippen molar-refractivity contribution < 1.29 is 69.0 Å². The summed E-state index contributed by atoms with van der Waals surface area (Å²) in [6.07, 6.45) is 23.6. The van der Waals surface area contributed by atoms with Gasteiger partial charge in [0.05, 0.1) is 26.4 Å². The van der Waals surface area contributed by atoms with Crippen LogP contribution in [0.1, 0.15) is 84.5 Å². The van der Waals surface area contributed by atoms with Crippen LogP contribution in [-0.2, 0) is 33.2 Å². The Bertz CT molecular complexity index is 1280. The molecule has 7 N–H and O–H groups in total. The van der Waals surface area contributed by atoms with Gasteiger partial charge in [-0.1, -0.05) is 98.9 Å². The van der Waals surface area contributed by atoms with Crippen LogP contribution in [0, 0.1) is 0 Å². The van der Waals surface area contributed by atoms with E-state index < -0.39 is 86.7 Å². The first-order valence-electron chi connectivity index (χ1n) is 20.7. The van der Waals surface area contributed by atoms with Crippen LogP contribution in [-0.4, -0.2) is 142 Å². The second-order valence-corrected chi connectivity index (χ2v) is 14.0. The Morgan fingerprint density at radius 2 is 1.03 bits per heavy atom. The van der Waals surface area contributed by atoms with E-state index in [0.717, 1.165) is 64.2 Å². The Balaban J connectivity index is 1.62. The summed E-state index contributed by atoms with van der Waals surface area (Å²) in [6.45, 7) is 2.81. The Labute approximate surface area is 344 Å². The number of unbranched alkanes of at least 4 members (excludes halogenated alkanes) is 2. The first-order chi connectivity index (χ1) is 28.1. The molecule has 0 radical (unpaired) electrons. The highest BCUT2D eigenvalue weighted by Crippen LogP contribution is 2.26. The van der Waals surface area contributed by atoms with Crippen molar-refractivity contribution >= 4 is 5.97 Å². The third-order valence-corrected chi connectivity index (χ3v) is 9.22. The normalized spacial score (nSPS) is 29.1. The van der Waals surface area contributed by atoms with E-state index in [9.17, 15) is 40.5 Å². The van der Waals surface area contributed by atoms with Crippen molar-refractivity contribution in [3.8, 4) is 0 Å². The van der Waals surface area contributed by atoms with Crippen LogP contribution in [0.3, 0.4) is 0 Å². The van der Waals surface area contributed by atoms with Gasteiger partial charge >= 0.3 is 5.97 Å². The minimum Gasteiger partial charge on any atom is -0.457 e. The third-order valence-electron chi connectivity index (χ3n) is 9.22. The van der Waals surface area contributed by atoms with Gasteiger partial charge in [-0.15, -0.1) is 0 Å². The number of esters is 1. The minimum absolute atomic E-state index is 0.0158. The maximum atomic E-state index is 12.1. The molecule has 2 aliphatic heterocycles. The van der Waals surface area contributed by atoms with Gasteiger partial charge < -0.3 is 64.2 Å². The Hall–Kier alpha value is -2.83. The molecule has 2 rings (SSSR count). The predicted molar refractivity (Wildman–Crippen MR) is 219 cm³/mol. The molecule has 0 spiro atoms. The molecule has 0 aromatic heterocycles. The summed E-state index contributed by atoms with van der Waals surface area (Å²) in [6, 6.07) is 0. The van der Waals surface area contributed by atoms with Crippen molar-refractivity contribution in [2.24, 2.45) is 0 Å². The van der Waals surface area contributed by atoms with E-state index in [0.29, 0.717) is 6.61 Å². The molecule has 11 atom stereocenters. The van der Waals surface area contributed by atoms with Gasteiger partial charge in [-0.2, -0.15) is 0 Å². The van der Waals surface area contributed by atoms with E-state index in [1.165, 1.54) is 0 Å². The SMILES string of the molecule is CC/C=C\C/C=C\C/C=C\C/C=C\C/C=C\C/C=C\C/C=C\CCCCOCC(COC1OC(COC2OC(CO)C(O)C(O)C2O)C(O)C(O)C1O)OC(=O)CC. The molecule has 11 unspecified atom stereocenters. The van der Waals surface area contributed by atoms with Crippen LogP contribution in [0.15, 0.2) is 85.1 Å². The van der Waals surface area contributed by atoms with Crippen molar-refractivity contribution in [3.63, 3.8) is 0 Å². The first-order valence-corrected chi connectivity index (χ1v) is 20.7. The lowest BCUT2D eigenvalue weighted by atomic mass is 9.98. The number of rotatable bonds is 29. The van der Waals surface area contributed by atoms with Crippen LogP contribution >= 0.6 is 0 Å². The molecule has 2 saturated heterocycles. The topological polar surface area (TPSA) is 214 Å². The second kappa shape index (κ2) is 32.0.